The first-order chi connectivity index (χ1) is 8.79. The molecule has 1 heterocycles. The summed E-state index contributed by atoms with van der Waals surface area (Å²) in [6.07, 6.45) is 8.52. The average Bonchev–Trinajstić information content (AvgIpc) is 2.89. The highest BCUT2D eigenvalue weighted by Gasteiger charge is 1.99. The third-order valence-corrected chi connectivity index (χ3v) is 2.50. The Morgan fingerprint density at radius 3 is 2.56 bits per heavy atom. The minimum absolute atomic E-state index is 0.484. The molecule has 0 aliphatic carbocycles. The van der Waals surface area contributed by atoms with Crippen molar-refractivity contribution in [3.05, 3.63) is 54.4 Å². The third kappa shape index (κ3) is 2.98. The van der Waals surface area contributed by atoms with Gasteiger partial charge in [0.25, 0.3) is 0 Å². The Kier molecular flexibility index (Phi) is 3.77. The number of terminal acetylenes is 1. The quantitative estimate of drug-likeness (QED) is 0.803. The molecule has 0 aliphatic rings. The highest BCUT2D eigenvalue weighted by Crippen LogP contribution is 2.11. The fourth-order valence-electron chi connectivity index (χ4n) is 1.56. The number of aromatic nitrogens is 3. The lowest BCUT2D eigenvalue weighted by atomic mass is 10.1. The van der Waals surface area contributed by atoms with Gasteiger partial charge in [0.2, 0.25) is 0 Å². The summed E-state index contributed by atoms with van der Waals surface area (Å²) < 4.78 is 0. The van der Waals surface area contributed by atoms with E-state index in [2.05, 4.69) is 28.0 Å². The van der Waals surface area contributed by atoms with Gasteiger partial charge in [0, 0.05) is 5.70 Å². The molecule has 0 aliphatic heterocycles. The first-order valence-electron chi connectivity index (χ1n) is 5.59. The summed E-state index contributed by atoms with van der Waals surface area (Å²) >= 11 is 0. The number of hydrogen-bond donors (Lipinski definition) is 1. The Balaban J connectivity index is 2.01. The molecular weight excluding hydrogens is 224 g/mol. The van der Waals surface area contributed by atoms with Crippen LogP contribution < -0.4 is 5.32 Å². The van der Waals surface area contributed by atoms with Crippen molar-refractivity contribution in [1.82, 2.24) is 20.3 Å². The van der Waals surface area contributed by atoms with E-state index in [1.54, 1.807) is 17.2 Å². The lowest BCUT2D eigenvalue weighted by Gasteiger charge is -2.08. The molecule has 0 saturated heterocycles. The number of rotatable bonds is 5. The van der Waals surface area contributed by atoms with Gasteiger partial charge in [-0.1, -0.05) is 36.8 Å². The molecule has 0 bridgehead atoms. The Morgan fingerprint density at radius 2 is 1.94 bits per heavy atom. The summed E-state index contributed by atoms with van der Waals surface area (Å²) in [5, 5.41) is 11.2. The molecule has 2 aromatic rings. The van der Waals surface area contributed by atoms with E-state index >= 15 is 0 Å². The van der Waals surface area contributed by atoms with Crippen molar-refractivity contribution in [3.63, 3.8) is 0 Å². The second-order valence-corrected chi connectivity index (χ2v) is 3.79. The van der Waals surface area contributed by atoms with Crippen molar-refractivity contribution in [2.45, 2.75) is 6.54 Å². The van der Waals surface area contributed by atoms with Gasteiger partial charge in [-0.05, 0) is 11.1 Å². The summed E-state index contributed by atoms with van der Waals surface area (Å²) in [5.74, 6) is 2.52. The van der Waals surface area contributed by atoms with Crippen molar-refractivity contribution in [2.75, 3.05) is 6.54 Å². The summed E-state index contributed by atoms with van der Waals surface area (Å²) in [7, 11) is 0. The average molecular weight is 238 g/mol. The van der Waals surface area contributed by atoms with Gasteiger partial charge in [0.05, 0.1) is 25.5 Å². The van der Waals surface area contributed by atoms with Crippen LogP contribution in [0.25, 0.3) is 5.70 Å². The van der Waals surface area contributed by atoms with Crippen LogP contribution in [0, 0.1) is 12.3 Å². The van der Waals surface area contributed by atoms with E-state index in [4.69, 9.17) is 6.42 Å². The molecular formula is C14H14N4. The van der Waals surface area contributed by atoms with Gasteiger partial charge < -0.3 is 5.32 Å². The minimum atomic E-state index is 0.484. The zero-order valence-electron chi connectivity index (χ0n) is 10.0. The first-order valence-corrected chi connectivity index (χ1v) is 5.59. The van der Waals surface area contributed by atoms with E-state index in [0.717, 1.165) is 16.8 Å². The number of nitrogens with one attached hydrogen (secondary N) is 1. The largest absolute Gasteiger partial charge is 0.374 e. The van der Waals surface area contributed by atoms with E-state index in [-0.39, 0.29) is 0 Å². The van der Waals surface area contributed by atoms with Crippen molar-refractivity contribution in [3.8, 4) is 12.3 Å². The van der Waals surface area contributed by atoms with E-state index < -0.39 is 0 Å². The molecule has 18 heavy (non-hydrogen) atoms. The van der Waals surface area contributed by atoms with E-state index in [9.17, 15) is 0 Å². The van der Waals surface area contributed by atoms with Crippen molar-refractivity contribution >= 4 is 5.70 Å². The maximum Gasteiger partial charge on any atom is 0.0857 e. The van der Waals surface area contributed by atoms with Gasteiger partial charge in [-0.15, -0.1) is 6.42 Å². The standard InChI is InChI=1S/C14H14N4/c1-3-8-15-12(2)14-6-4-13(5-7-14)11-18-16-9-10-17-18/h1,4-7,9-10,15H,2,8,11H2. The van der Waals surface area contributed by atoms with Crippen LogP contribution in [0.15, 0.2) is 43.2 Å². The van der Waals surface area contributed by atoms with Crippen LogP contribution in [0.2, 0.25) is 0 Å². The zero-order valence-corrected chi connectivity index (χ0v) is 10.0. The predicted octanol–water partition coefficient (Wildman–Crippen LogP) is 1.52. The molecule has 0 spiro atoms. The fraction of sp³-hybridized carbons (Fsp3) is 0.143. The Hall–Kier alpha value is -2.54. The van der Waals surface area contributed by atoms with Crippen LogP contribution in [0.5, 0.6) is 0 Å². The van der Waals surface area contributed by atoms with Gasteiger partial charge in [0.15, 0.2) is 0 Å². The normalized spacial score (nSPS) is 9.72. The first kappa shape index (κ1) is 11.9. The molecule has 2 rings (SSSR count). The van der Waals surface area contributed by atoms with E-state index in [1.165, 1.54) is 0 Å². The molecule has 0 radical (unpaired) electrons. The number of benzene rings is 1. The molecule has 0 saturated carbocycles. The second-order valence-electron chi connectivity index (χ2n) is 3.79. The molecule has 0 unspecified atom stereocenters. The van der Waals surface area contributed by atoms with Crippen LogP contribution >= 0.6 is 0 Å². The third-order valence-electron chi connectivity index (χ3n) is 2.50. The van der Waals surface area contributed by atoms with Gasteiger partial charge in [0.1, 0.15) is 0 Å². The fourth-order valence-corrected chi connectivity index (χ4v) is 1.56. The summed E-state index contributed by atoms with van der Waals surface area (Å²) in [4.78, 5) is 1.64. The van der Waals surface area contributed by atoms with Crippen LogP contribution in [-0.2, 0) is 6.54 Å². The molecule has 4 heteroatoms. The van der Waals surface area contributed by atoms with Crippen molar-refractivity contribution < 1.29 is 0 Å². The topological polar surface area (TPSA) is 42.7 Å². The zero-order chi connectivity index (χ0) is 12.8. The molecule has 4 nitrogen and oxygen atoms in total. The molecule has 0 fully saturated rings. The second kappa shape index (κ2) is 5.69. The Morgan fingerprint density at radius 1 is 1.28 bits per heavy atom. The van der Waals surface area contributed by atoms with Crippen molar-refractivity contribution in [1.29, 1.82) is 0 Å². The van der Waals surface area contributed by atoms with E-state index in [0.29, 0.717) is 13.1 Å². The highest BCUT2D eigenvalue weighted by molar-refractivity contribution is 5.61. The monoisotopic (exact) mass is 238 g/mol. The van der Waals surface area contributed by atoms with E-state index in [1.807, 2.05) is 24.3 Å². The van der Waals surface area contributed by atoms with Gasteiger partial charge >= 0.3 is 0 Å². The molecule has 90 valence electrons. The van der Waals surface area contributed by atoms with Crippen LogP contribution in [0.4, 0.5) is 0 Å². The maximum atomic E-state index is 5.18. The minimum Gasteiger partial charge on any atom is -0.374 e. The summed E-state index contributed by atoms with van der Waals surface area (Å²) in [5.41, 5.74) is 3.00. The lowest BCUT2D eigenvalue weighted by Crippen LogP contribution is -2.11. The summed E-state index contributed by atoms with van der Waals surface area (Å²) in [6, 6.07) is 8.07. The van der Waals surface area contributed by atoms with Crippen LogP contribution in [0.1, 0.15) is 11.1 Å². The van der Waals surface area contributed by atoms with Gasteiger partial charge in [-0.3, -0.25) is 0 Å². The number of hydrogen-bond acceptors (Lipinski definition) is 3. The molecule has 0 amide bonds. The Labute approximate surface area is 106 Å². The van der Waals surface area contributed by atoms with Crippen molar-refractivity contribution in [2.24, 2.45) is 0 Å². The maximum absolute atomic E-state index is 5.18. The molecule has 0 atom stereocenters. The summed E-state index contributed by atoms with van der Waals surface area (Å²) in [6.45, 7) is 5.08. The predicted molar refractivity (Wildman–Crippen MR) is 71.4 cm³/mol. The van der Waals surface area contributed by atoms with Gasteiger partial charge in [-0.2, -0.15) is 15.0 Å². The molecule has 1 aromatic heterocycles. The highest BCUT2D eigenvalue weighted by atomic mass is 15.5. The Bertz CT molecular complexity index is 546. The lowest BCUT2D eigenvalue weighted by molar-refractivity contribution is 0.591. The van der Waals surface area contributed by atoms with Crippen LogP contribution in [-0.4, -0.2) is 21.5 Å². The smallest absolute Gasteiger partial charge is 0.0857 e. The van der Waals surface area contributed by atoms with Gasteiger partial charge in [-0.25, -0.2) is 0 Å². The SMILES string of the molecule is C#CCNC(=C)c1ccc(Cn2nccn2)cc1. The van der Waals surface area contributed by atoms with Crippen LogP contribution in [0.3, 0.4) is 0 Å². The number of nitrogens with zero attached hydrogens (tertiary/aromatic N) is 3. The molecule has 1 aromatic carbocycles. The molecule has 1 N–H and O–H groups in total.